The lowest BCUT2D eigenvalue weighted by molar-refractivity contribution is 0.208. The van der Waals surface area contributed by atoms with Crippen LogP contribution in [-0.2, 0) is 13.0 Å². The Labute approximate surface area is 128 Å². The summed E-state index contributed by atoms with van der Waals surface area (Å²) in [6.07, 6.45) is 0.282. The number of hydrogen-bond acceptors (Lipinski definition) is 6. The Hall–Kier alpha value is -2.41. The summed E-state index contributed by atoms with van der Waals surface area (Å²) in [5, 5.41) is 16.5. The zero-order valence-corrected chi connectivity index (χ0v) is 12.7. The number of aryl methyl sites for hydroxylation is 1. The molecule has 0 aliphatic rings. The predicted molar refractivity (Wildman–Crippen MR) is 82.7 cm³/mol. The molecule has 2 heterocycles. The predicted octanol–water partition coefficient (Wildman–Crippen LogP) is 1.82. The van der Waals surface area contributed by atoms with E-state index in [-0.39, 0.29) is 0 Å². The van der Waals surface area contributed by atoms with E-state index >= 15 is 0 Å². The smallest absolute Gasteiger partial charge is 0.246 e. The molecule has 0 saturated heterocycles. The van der Waals surface area contributed by atoms with Crippen molar-refractivity contribution in [3.63, 3.8) is 0 Å². The van der Waals surface area contributed by atoms with Gasteiger partial charge in [-0.3, -0.25) is 0 Å². The minimum absolute atomic E-state index is 0.424. The summed E-state index contributed by atoms with van der Waals surface area (Å²) in [6, 6.07) is 7.85. The molecule has 7 heteroatoms. The number of fused-ring (bicyclic) bond motifs is 1. The fourth-order valence-electron chi connectivity index (χ4n) is 2.24. The monoisotopic (exact) mass is 301 g/mol. The highest BCUT2D eigenvalue weighted by atomic mass is 16.5. The number of nitrogens with zero attached hydrogens (tertiary/aromatic N) is 4. The molecule has 0 amide bonds. The Balaban J connectivity index is 1.95. The summed E-state index contributed by atoms with van der Waals surface area (Å²) in [6.45, 7) is 4.57. The van der Waals surface area contributed by atoms with Gasteiger partial charge < -0.3 is 19.5 Å². The van der Waals surface area contributed by atoms with Gasteiger partial charge in [-0.1, -0.05) is 24.2 Å². The Morgan fingerprint density at radius 2 is 2.14 bits per heavy atom. The van der Waals surface area contributed by atoms with Crippen LogP contribution >= 0.6 is 0 Å². The molecule has 0 bridgehead atoms. The summed E-state index contributed by atoms with van der Waals surface area (Å²) < 4.78 is 7.25. The Kier molecular flexibility index (Phi) is 4.06. The highest BCUT2D eigenvalue weighted by Gasteiger charge is 2.14. The van der Waals surface area contributed by atoms with Gasteiger partial charge in [-0.15, -0.1) is 0 Å². The lowest BCUT2D eigenvalue weighted by Gasteiger charge is -2.10. The molecule has 1 atom stereocenters. The van der Waals surface area contributed by atoms with Crippen LogP contribution < -0.4 is 5.32 Å². The summed E-state index contributed by atoms with van der Waals surface area (Å²) in [7, 11) is 0. The highest BCUT2D eigenvalue weighted by Crippen LogP contribution is 2.20. The van der Waals surface area contributed by atoms with Crippen LogP contribution in [0.2, 0.25) is 0 Å². The SMILES string of the molecule is CCc1noc(Cn2c(NC[C@H](C)O)nc3ccccc32)n1. The van der Waals surface area contributed by atoms with Crippen molar-refractivity contribution in [2.45, 2.75) is 32.9 Å². The average molecular weight is 301 g/mol. The van der Waals surface area contributed by atoms with E-state index in [2.05, 4.69) is 20.4 Å². The molecule has 3 rings (SSSR count). The van der Waals surface area contributed by atoms with Crippen LogP contribution in [0.1, 0.15) is 25.6 Å². The lowest BCUT2D eigenvalue weighted by atomic mass is 10.3. The maximum absolute atomic E-state index is 9.46. The highest BCUT2D eigenvalue weighted by molar-refractivity contribution is 5.78. The van der Waals surface area contributed by atoms with Gasteiger partial charge in [-0.05, 0) is 19.1 Å². The molecule has 7 nitrogen and oxygen atoms in total. The average Bonchev–Trinajstić information content (AvgIpc) is 3.10. The van der Waals surface area contributed by atoms with Crippen LogP contribution in [0.4, 0.5) is 5.95 Å². The number of aromatic nitrogens is 4. The number of hydrogen-bond donors (Lipinski definition) is 2. The lowest BCUT2D eigenvalue weighted by Crippen LogP contribution is -2.18. The van der Waals surface area contributed by atoms with Gasteiger partial charge >= 0.3 is 0 Å². The van der Waals surface area contributed by atoms with Crippen molar-refractivity contribution in [1.29, 1.82) is 0 Å². The number of rotatable bonds is 6. The number of benzene rings is 1. The van der Waals surface area contributed by atoms with Crippen molar-refractivity contribution in [3.8, 4) is 0 Å². The minimum Gasteiger partial charge on any atom is -0.392 e. The van der Waals surface area contributed by atoms with Gasteiger partial charge in [0.1, 0.15) is 6.54 Å². The normalized spacial score (nSPS) is 12.7. The molecule has 22 heavy (non-hydrogen) atoms. The Morgan fingerprint density at radius 1 is 1.32 bits per heavy atom. The van der Waals surface area contributed by atoms with E-state index in [1.165, 1.54) is 0 Å². The topological polar surface area (TPSA) is 89.0 Å². The fraction of sp³-hybridized carbons (Fsp3) is 0.400. The van der Waals surface area contributed by atoms with Crippen LogP contribution in [-0.4, -0.2) is 37.4 Å². The molecule has 0 unspecified atom stereocenters. The van der Waals surface area contributed by atoms with Gasteiger partial charge in [-0.2, -0.15) is 4.98 Å². The van der Waals surface area contributed by atoms with Gasteiger partial charge in [0.05, 0.1) is 17.1 Å². The molecule has 2 aromatic heterocycles. The molecule has 2 N–H and O–H groups in total. The first kappa shape index (κ1) is 14.5. The summed E-state index contributed by atoms with van der Waals surface area (Å²) >= 11 is 0. The number of para-hydroxylation sites is 2. The van der Waals surface area contributed by atoms with Gasteiger partial charge in [0.25, 0.3) is 0 Å². The maximum Gasteiger partial charge on any atom is 0.246 e. The molecular formula is C15H19N5O2. The fourth-order valence-corrected chi connectivity index (χ4v) is 2.24. The van der Waals surface area contributed by atoms with Crippen LogP contribution in [0.15, 0.2) is 28.8 Å². The van der Waals surface area contributed by atoms with E-state index in [0.717, 1.165) is 17.5 Å². The Bertz CT molecular complexity index is 762. The van der Waals surface area contributed by atoms with Crippen molar-refractivity contribution in [3.05, 3.63) is 36.0 Å². The van der Waals surface area contributed by atoms with Gasteiger partial charge in [0.2, 0.25) is 11.8 Å². The molecular weight excluding hydrogens is 282 g/mol. The Morgan fingerprint density at radius 3 is 2.86 bits per heavy atom. The van der Waals surface area contributed by atoms with Gasteiger partial charge in [-0.25, -0.2) is 4.98 Å². The molecule has 0 radical (unpaired) electrons. The first-order valence-electron chi connectivity index (χ1n) is 7.36. The summed E-state index contributed by atoms with van der Waals surface area (Å²) in [5.41, 5.74) is 1.86. The minimum atomic E-state index is -0.455. The molecule has 0 spiro atoms. The summed E-state index contributed by atoms with van der Waals surface area (Å²) in [4.78, 5) is 8.90. The molecule has 0 saturated carbocycles. The molecule has 0 aliphatic carbocycles. The van der Waals surface area contributed by atoms with Crippen LogP contribution in [0.5, 0.6) is 0 Å². The van der Waals surface area contributed by atoms with Crippen LogP contribution in [0.25, 0.3) is 11.0 Å². The van der Waals surface area contributed by atoms with E-state index in [1.807, 2.05) is 35.8 Å². The van der Waals surface area contributed by atoms with E-state index in [4.69, 9.17) is 4.52 Å². The van der Waals surface area contributed by atoms with Crippen molar-refractivity contribution in [2.24, 2.45) is 0 Å². The molecule has 3 aromatic rings. The second kappa shape index (κ2) is 6.15. The third kappa shape index (κ3) is 2.94. The standard InChI is InChI=1S/C15H19N5O2/c1-3-13-18-14(22-19-13)9-20-12-7-5-4-6-11(12)17-15(20)16-8-10(2)21/h4-7,10,21H,3,8-9H2,1-2H3,(H,16,17)/t10-/m0/s1. The van der Waals surface area contributed by atoms with E-state index < -0.39 is 6.10 Å². The number of aliphatic hydroxyl groups excluding tert-OH is 1. The quantitative estimate of drug-likeness (QED) is 0.722. The van der Waals surface area contributed by atoms with Crippen molar-refractivity contribution in [1.82, 2.24) is 19.7 Å². The molecule has 1 aromatic carbocycles. The number of imidazole rings is 1. The number of nitrogens with one attached hydrogen (secondary N) is 1. The van der Waals surface area contributed by atoms with Gasteiger partial charge in [0, 0.05) is 13.0 Å². The van der Waals surface area contributed by atoms with Crippen molar-refractivity contribution < 1.29 is 9.63 Å². The summed E-state index contributed by atoms with van der Waals surface area (Å²) in [5.74, 6) is 1.91. The van der Waals surface area contributed by atoms with Crippen LogP contribution in [0.3, 0.4) is 0 Å². The zero-order valence-electron chi connectivity index (χ0n) is 12.7. The van der Waals surface area contributed by atoms with E-state index in [0.29, 0.717) is 30.8 Å². The van der Waals surface area contributed by atoms with Gasteiger partial charge in [0.15, 0.2) is 5.82 Å². The molecule has 0 fully saturated rings. The number of aliphatic hydroxyl groups is 1. The first-order valence-corrected chi connectivity index (χ1v) is 7.36. The van der Waals surface area contributed by atoms with Crippen LogP contribution in [0, 0.1) is 0 Å². The third-order valence-corrected chi connectivity index (χ3v) is 3.33. The second-order valence-electron chi connectivity index (χ2n) is 5.20. The molecule has 0 aliphatic heterocycles. The maximum atomic E-state index is 9.46. The third-order valence-electron chi connectivity index (χ3n) is 3.33. The van der Waals surface area contributed by atoms with Crippen molar-refractivity contribution >= 4 is 17.0 Å². The van der Waals surface area contributed by atoms with Crippen molar-refractivity contribution in [2.75, 3.05) is 11.9 Å². The molecule has 116 valence electrons. The van der Waals surface area contributed by atoms with E-state index in [9.17, 15) is 5.11 Å². The number of anilines is 1. The zero-order chi connectivity index (χ0) is 15.5. The largest absolute Gasteiger partial charge is 0.392 e. The van der Waals surface area contributed by atoms with E-state index in [1.54, 1.807) is 6.92 Å². The first-order chi connectivity index (χ1) is 10.7. The second-order valence-corrected chi connectivity index (χ2v) is 5.20.